The summed E-state index contributed by atoms with van der Waals surface area (Å²) in [4.78, 5) is 56.0. The molecule has 1 saturated heterocycles. The largest absolute Gasteiger partial charge is 0.368 e. The SMILES string of the molecule is CC(=O)N(C(C)=O)C1=C(N2CCN(c3ccc(F)cc3)CC2)C(=O)c2ccccc2C1=O. The molecule has 164 valence electrons. The van der Waals surface area contributed by atoms with Gasteiger partial charge in [-0.05, 0) is 24.3 Å². The van der Waals surface area contributed by atoms with Crippen molar-refractivity contribution in [1.29, 1.82) is 0 Å². The predicted octanol–water partition coefficient (Wildman–Crippen LogP) is 2.63. The van der Waals surface area contributed by atoms with Crippen LogP contribution in [0.1, 0.15) is 34.6 Å². The molecule has 0 atom stereocenters. The van der Waals surface area contributed by atoms with Gasteiger partial charge < -0.3 is 9.80 Å². The summed E-state index contributed by atoms with van der Waals surface area (Å²) in [6, 6.07) is 12.6. The van der Waals surface area contributed by atoms with Crippen LogP contribution in [0.15, 0.2) is 59.9 Å². The Balaban J connectivity index is 1.73. The molecule has 32 heavy (non-hydrogen) atoms. The Morgan fingerprint density at radius 1 is 0.781 bits per heavy atom. The van der Waals surface area contributed by atoms with Crippen LogP contribution < -0.4 is 4.90 Å². The van der Waals surface area contributed by atoms with E-state index in [-0.39, 0.29) is 28.3 Å². The van der Waals surface area contributed by atoms with Crippen LogP contribution in [0.5, 0.6) is 0 Å². The molecule has 2 aromatic carbocycles. The number of carbonyl (C=O) groups is 4. The van der Waals surface area contributed by atoms with Gasteiger partial charge in [-0.3, -0.25) is 19.2 Å². The molecule has 0 unspecified atom stereocenters. The van der Waals surface area contributed by atoms with Gasteiger partial charge in [0, 0.05) is 56.8 Å². The highest BCUT2D eigenvalue weighted by Gasteiger charge is 2.40. The molecule has 0 N–H and O–H groups in total. The van der Waals surface area contributed by atoms with Crippen LogP contribution >= 0.6 is 0 Å². The molecule has 0 radical (unpaired) electrons. The molecule has 2 aliphatic rings. The number of hydrogen-bond acceptors (Lipinski definition) is 6. The average molecular weight is 435 g/mol. The molecular weight excluding hydrogens is 413 g/mol. The molecule has 1 heterocycles. The van der Waals surface area contributed by atoms with E-state index in [4.69, 9.17) is 0 Å². The minimum absolute atomic E-state index is 0.0675. The zero-order valence-electron chi connectivity index (χ0n) is 17.8. The number of amides is 2. The van der Waals surface area contributed by atoms with Crippen molar-refractivity contribution in [3.8, 4) is 0 Å². The monoisotopic (exact) mass is 435 g/mol. The third kappa shape index (κ3) is 3.68. The number of rotatable bonds is 3. The van der Waals surface area contributed by atoms with Crippen LogP contribution in [0.25, 0.3) is 0 Å². The van der Waals surface area contributed by atoms with Crippen molar-refractivity contribution >= 4 is 29.1 Å². The summed E-state index contributed by atoms with van der Waals surface area (Å²) in [5.41, 5.74) is 1.16. The molecule has 0 bridgehead atoms. The van der Waals surface area contributed by atoms with Gasteiger partial charge in [0.05, 0.1) is 0 Å². The van der Waals surface area contributed by atoms with E-state index < -0.39 is 23.4 Å². The lowest BCUT2D eigenvalue weighted by atomic mass is 9.88. The summed E-state index contributed by atoms with van der Waals surface area (Å²) >= 11 is 0. The van der Waals surface area contributed by atoms with E-state index in [1.807, 2.05) is 4.90 Å². The number of carbonyl (C=O) groups excluding carboxylic acids is 4. The zero-order chi connectivity index (χ0) is 23.0. The Morgan fingerprint density at radius 3 is 1.81 bits per heavy atom. The van der Waals surface area contributed by atoms with E-state index >= 15 is 0 Å². The second-order valence-corrected chi connectivity index (χ2v) is 7.73. The van der Waals surface area contributed by atoms with Crippen LogP contribution in [0, 0.1) is 5.82 Å². The molecule has 7 nitrogen and oxygen atoms in total. The molecule has 4 rings (SSSR count). The number of hydrogen-bond donors (Lipinski definition) is 0. The van der Waals surface area contributed by atoms with Gasteiger partial charge in [0.2, 0.25) is 23.4 Å². The summed E-state index contributed by atoms with van der Waals surface area (Å²) in [6.45, 7) is 4.20. The van der Waals surface area contributed by atoms with Crippen LogP contribution in [0.2, 0.25) is 0 Å². The number of imide groups is 1. The van der Waals surface area contributed by atoms with Crippen LogP contribution in [-0.4, -0.2) is 59.4 Å². The van der Waals surface area contributed by atoms with Crippen molar-refractivity contribution < 1.29 is 23.6 Å². The van der Waals surface area contributed by atoms with Crippen molar-refractivity contribution in [2.24, 2.45) is 0 Å². The molecular formula is C24H22FN3O4. The summed E-state index contributed by atoms with van der Waals surface area (Å²) in [7, 11) is 0. The smallest absolute Gasteiger partial charge is 0.230 e. The Bertz CT molecular complexity index is 1130. The van der Waals surface area contributed by atoms with Crippen molar-refractivity contribution in [3.05, 3.63) is 76.9 Å². The van der Waals surface area contributed by atoms with Gasteiger partial charge >= 0.3 is 0 Å². The predicted molar refractivity (Wildman–Crippen MR) is 116 cm³/mol. The van der Waals surface area contributed by atoms with Crippen molar-refractivity contribution in [3.63, 3.8) is 0 Å². The molecule has 1 fully saturated rings. The van der Waals surface area contributed by atoms with E-state index in [0.29, 0.717) is 26.2 Å². The Morgan fingerprint density at radius 2 is 1.28 bits per heavy atom. The Hall–Kier alpha value is -3.81. The number of anilines is 1. The number of fused-ring (bicyclic) bond motifs is 1. The maximum Gasteiger partial charge on any atom is 0.230 e. The lowest BCUT2D eigenvalue weighted by Crippen LogP contribution is -2.50. The van der Waals surface area contributed by atoms with E-state index in [0.717, 1.165) is 10.6 Å². The highest BCUT2D eigenvalue weighted by atomic mass is 19.1. The summed E-state index contributed by atoms with van der Waals surface area (Å²) in [5, 5.41) is 0. The van der Waals surface area contributed by atoms with Crippen LogP contribution in [0.3, 0.4) is 0 Å². The zero-order valence-corrected chi connectivity index (χ0v) is 17.8. The molecule has 0 spiro atoms. The number of benzene rings is 2. The number of ketones is 2. The Kier molecular flexibility index (Phi) is 5.61. The number of Topliss-reactive ketones (excluding diaryl/α,β-unsaturated/α-hetero) is 2. The van der Waals surface area contributed by atoms with Crippen LogP contribution in [0.4, 0.5) is 10.1 Å². The van der Waals surface area contributed by atoms with Gasteiger partial charge in [0.25, 0.3) is 0 Å². The third-order valence-corrected chi connectivity index (χ3v) is 5.71. The topological polar surface area (TPSA) is 78.0 Å². The highest BCUT2D eigenvalue weighted by Crippen LogP contribution is 2.32. The van der Waals surface area contributed by atoms with Crippen LogP contribution in [-0.2, 0) is 9.59 Å². The fourth-order valence-electron chi connectivity index (χ4n) is 4.23. The van der Waals surface area contributed by atoms with E-state index in [1.54, 1.807) is 35.2 Å². The maximum atomic E-state index is 13.5. The summed E-state index contributed by atoms with van der Waals surface area (Å²) in [6.07, 6.45) is 0. The van der Waals surface area contributed by atoms with Crippen molar-refractivity contribution in [2.45, 2.75) is 13.8 Å². The number of halogens is 1. The van der Waals surface area contributed by atoms with Crippen molar-refractivity contribution in [1.82, 2.24) is 9.80 Å². The molecule has 2 aromatic rings. The minimum Gasteiger partial charge on any atom is -0.368 e. The van der Waals surface area contributed by atoms with Gasteiger partial charge in [0.1, 0.15) is 17.2 Å². The fraction of sp³-hybridized carbons (Fsp3) is 0.250. The minimum atomic E-state index is -0.629. The standard InChI is InChI=1S/C24H22FN3O4/c1-15(29)28(16(2)30)22-21(23(31)19-5-3-4-6-20(19)24(22)32)27-13-11-26(12-14-27)18-9-7-17(25)8-10-18/h3-10H,11-14H2,1-2H3. The first-order valence-corrected chi connectivity index (χ1v) is 10.3. The number of nitrogens with zero attached hydrogens (tertiary/aromatic N) is 3. The quantitative estimate of drug-likeness (QED) is 0.738. The normalized spacial score (nSPS) is 16.2. The third-order valence-electron chi connectivity index (χ3n) is 5.71. The highest BCUT2D eigenvalue weighted by molar-refractivity contribution is 6.28. The fourth-order valence-corrected chi connectivity index (χ4v) is 4.23. The molecule has 0 aromatic heterocycles. The lowest BCUT2D eigenvalue weighted by Gasteiger charge is -2.40. The average Bonchev–Trinajstić information content (AvgIpc) is 2.78. The van der Waals surface area contributed by atoms with Gasteiger partial charge in [-0.25, -0.2) is 9.29 Å². The maximum absolute atomic E-state index is 13.5. The van der Waals surface area contributed by atoms with E-state index in [9.17, 15) is 23.6 Å². The molecule has 0 saturated carbocycles. The first-order chi connectivity index (χ1) is 15.3. The summed E-state index contributed by atoms with van der Waals surface area (Å²) < 4.78 is 13.2. The van der Waals surface area contributed by atoms with Gasteiger partial charge in [-0.2, -0.15) is 0 Å². The molecule has 1 aliphatic carbocycles. The lowest BCUT2D eigenvalue weighted by molar-refractivity contribution is -0.139. The number of allylic oxidation sites excluding steroid dienone is 2. The first-order valence-electron chi connectivity index (χ1n) is 10.3. The first kappa shape index (κ1) is 21.4. The van der Waals surface area contributed by atoms with E-state index in [1.165, 1.54) is 32.0 Å². The number of piperazine rings is 1. The molecule has 2 amide bonds. The van der Waals surface area contributed by atoms with Gasteiger partial charge in [-0.15, -0.1) is 0 Å². The van der Waals surface area contributed by atoms with Gasteiger partial charge in [0.15, 0.2) is 0 Å². The Labute approximate surface area is 184 Å². The van der Waals surface area contributed by atoms with E-state index in [2.05, 4.69) is 0 Å². The summed E-state index contributed by atoms with van der Waals surface area (Å²) in [5.74, 6) is -2.49. The second-order valence-electron chi connectivity index (χ2n) is 7.73. The molecule has 8 heteroatoms. The second kappa shape index (κ2) is 8.37. The molecule has 1 aliphatic heterocycles. The van der Waals surface area contributed by atoms with Gasteiger partial charge in [-0.1, -0.05) is 24.3 Å². The van der Waals surface area contributed by atoms with Crippen molar-refractivity contribution in [2.75, 3.05) is 31.1 Å².